The minimum absolute atomic E-state index is 0.148. The Morgan fingerprint density at radius 3 is 2.61 bits per heavy atom. The monoisotopic (exact) mass is 415 g/mol. The number of nitrogens with zero attached hydrogens (tertiary/aromatic N) is 1. The van der Waals surface area contributed by atoms with E-state index in [-0.39, 0.29) is 17.5 Å². The molecule has 4 rings (SSSR count). The lowest BCUT2D eigenvalue weighted by Crippen LogP contribution is -2.36. The van der Waals surface area contributed by atoms with Crippen LogP contribution < -0.4 is 15.5 Å². The molecule has 1 aliphatic rings. The van der Waals surface area contributed by atoms with E-state index in [4.69, 9.17) is 4.42 Å². The molecule has 2 aromatic carbocycles. The van der Waals surface area contributed by atoms with Crippen LogP contribution in [0, 0.1) is 0 Å². The average Bonchev–Trinajstić information content (AvgIpc) is 3.46. The van der Waals surface area contributed by atoms with E-state index < -0.39 is 0 Å². The lowest BCUT2D eigenvalue weighted by molar-refractivity contribution is -0.117. The summed E-state index contributed by atoms with van der Waals surface area (Å²) in [7, 11) is 0. The molecule has 0 saturated carbocycles. The van der Waals surface area contributed by atoms with Crippen LogP contribution in [-0.2, 0) is 11.2 Å². The number of carbonyl (C=O) groups excluding carboxylic acids is 2. The zero-order chi connectivity index (χ0) is 21.5. The van der Waals surface area contributed by atoms with Gasteiger partial charge in [0.05, 0.1) is 6.26 Å². The first-order valence-corrected chi connectivity index (χ1v) is 10.4. The summed E-state index contributed by atoms with van der Waals surface area (Å²) in [4.78, 5) is 27.7. The van der Waals surface area contributed by atoms with Crippen LogP contribution in [0.2, 0.25) is 0 Å². The highest BCUT2D eigenvalue weighted by Gasteiger charge is 2.18. The maximum absolute atomic E-state index is 12.8. The van der Waals surface area contributed by atoms with E-state index in [0.717, 1.165) is 25.9 Å². The quantitative estimate of drug-likeness (QED) is 0.435. The van der Waals surface area contributed by atoms with Crippen LogP contribution in [0.1, 0.15) is 28.1 Å². The molecule has 31 heavy (non-hydrogen) atoms. The second-order valence-electron chi connectivity index (χ2n) is 7.37. The van der Waals surface area contributed by atoms with Gasteiger partial charge in [-0.1, -0.05) is 36.4 Å². The molecule has 0 saturated heterocycles. The Labute approximate surface area is 181 Å². The van der Waals surface area contributed by atoms with Gasteiger partial charge in [-0.2, -0.15) is 0 Å². The molecule has 0 aliphatic carbocycles. The second-order valence-corrected chi connectivity index (χ2v) is 7.37. The molecule has 3 aromatic rings. The van der Waals surface area contributed by atoms with Crippen LogP contribution in [0.25, 0.3) is 6.08 Å². The number of rotatable bonds is 8. The van der Waals surface area contributed by atoms with E-state index in [1.165, 1.54) is 23.6 Å². The molecule has 158 valence electrons. The summed E-state index contributed by atoms with van der Waals surface area (Å²) < 4.78 is 5.31. The van der Waals surface area contributed by atoms with Gasteiger partial charge < -0.3 is 20.0 Å². The summed E-state index contributed by atoms with van der Waals surface area (Å²) in [6.07, 6.45) is 4.92. The van der Waals surface area contributed by atoms with Gasteiger partial charge in [-0.3, -0.25) is 9.59 Å². The number of hydrogen-bond acceptors (Lipinski definition) is 4. The zero-order valence-electron chi connectivity index (χ0n) is 17.2. The van der Waals surface area contributed by atoms with E-state index in [1.807, 2.05) is 6.07 Å². The number of carbonyl (C=O) groups is 2. The Morgan fingerprint density at radius 1 is 1.00 bits per heavy atom. The second kappa shape index (κ2) is 9.80. The van der Waals surface area contributed by atoms with Crippen LogP contribution in [0.15, 0.2) is 83.1 Å². The number of amides is 2. The number of anilines is 1. The first-order valence-electron chi connectivity index (χ1n) is 10.4. The van der Waals surface area contributed by atoms with E-state index in [9.17, 15) is 9.59 Å². The van der Waals surface area contributed by atoms with Crippen LogP contribution in [0.4, 0.5) is 5.69 Å². The lowest BCUT2D eigenvalue weighted by atomic mass is 10.2. The number of para-hydroxylation sites is 1. The van der Waals surface area contributed by atoms with Gasteiger partial charge in [0.2, 0.25) is 0 Å². The molecule has 0 unspecified atom stereocenters. The highest BCUT2D eigenvalue weighted by Crippen LogP contribution is 2.27. The third-order valence-corrected chi connectivity index (χ3v) is 5.23. The third kappa shape index (κ3) is 5.22. The van der Waals surface area contributed by atoms with Gasteiger partial charge in [0, 0.05) is 37.0 Å². The highest BCUT2D eigenvalue weighted by molar-refractivity contribution is 6.05. The van der Waals surface area contributed by atoms with E-state index in [0.29, 0.717) is 17.9 Å². The summed E-state index contributed by atoms with van der Waals surface area (Å²) >= 11 is 0. The van der Waals surface area contributed by atoms with Crippen molar-refractivity contribution < 1.29 is 14.0 Å². The van der Waals surface area contributed by atoms with E-state index in [1.54, 1.807) is 36.4 Å². The van der Waals surface area contributed by atoms with E-state index in [2.05, 4.69) is 39.8 Å². The molecule has 0 bridgehead atoms. The Kier molecular flexibility index (Phi) is 6.47. The summed E-state index contributed by atoms with van der Waals surface area (Å²) in [5.41, 5.74) is 3.28. The number of benzene rings is 2. The molecule has 2 amide bonds. The zero-order valence-corrected chi connectivity index (χ0v) is 17.2. The summed E-state index contributed by atoms with van der Waals surface area (Å²) in [6.45, 7) is 2.38. The fourth-order valence-corrected chi connectivity index (χ4v) is 3.66. The van der Waals surface area contributed by atoms with Crippen molar-refractivity contribution in [2.45, 2.75) is 12.8 Å². The minimum Gasteiger partial charge on any atom is -0.465 e. The van der Waals surface area contributed by atoms with Crippen molar-refractivity contribution in [2.75, 3.05) is 24.5 Å². The van der Waals surface area contributed by atoms with Gasteiger partial charge in [0.1, 0.15) is 11.5 Å². The number of fused-ring (bicyclic) bond motifs is 1. The van der Waals surface area contributed by atoms with Crippen molar-refractivity contribution in [3.8, 4) is 0 Å². The first kappa shape index (κ1) is 20.5. The minimum atomic E-state index is -0.345. The maximum atomic E-state index is 12.8. The van der Waals surface area contributed by atoms with Gasteiger partial charge >= 0.3 is 0 Å². The molecule has 2 heterocycles. The van der Waals surface area contributed by atoms with Gasteiger partial charge in [-0.15, -0.1) is 0 Å². The molecule has 0 atom stereocenters. The fourth-order valence-electron chi connectivity index (χ4n) is 3.66. The van der Waals surface area contributed by atoms with Crippen molar-refractivity contribution in [1.82, 2.24) is 10.6 Å². The van der Waals surface area contributed by atoms with Gasteiger partial charge in [-0.05, 0) is 48.7 Å². The van der Waals surface area contributed by atoms with Crippen molar-refractivity contribution in [1.29, 1.82) is 0 Å². The smallest absolute Gasteiger partial charge is 0.267 e. The Balaban J connectivity index is 1.34. The number of furan rings is 1. The van der Waals surface area contributed by atoms with Gasteiger partial charge in [0.15, 0.2) is 0 Å². The van der Waals surface area contributed by atoms with Gasteiger partial charge in [0.25, 0.3) is 11.8 Å². The fraction of sp³-hybridized carbons (Fsp3) is 0.200. The summed E-state index contributed by atoms with van der Waals surface area (Å²) in [5, 5.41) is 5.62. The molecule has 6 nitrogen and oxygen atoms in total. The first-order chi connectivity index (χ1) is 15.2. The molecule has 6 heteroatoms. The maximum Gasteiger partial charge on any atom is 0.267 e. The van der Waals surface area contributed by atoms with Crippen molar-refractivity contribution in [2.24, 2.45) is 0 Å². The Morgan fingerprint density at radius 2 is 1.81 bits per heavy atom. The van der Waals surface area contributed by atoms with Gasteiger partial charge in [-0.25, -0.2) is 0 Å². The normalized spacial score (nSPS) is 13.0. The SMILES string of the molecule is O=C(NCCCN1CCc2ccccc21)/C(=C/c1ccco1)NC(=O)c1ccccc1. The topological polar surface area (TPSA) is 74.6 Å². The predicted molar refractivity (Wildman–Crippen MR) is 121 cm³/mol. The number of nitrogens with one attached hydrogen (secondary N) is 2. The summed E-state index contributed by atoms with van der Waals surface area (Å²) in [6, 6.07) is 20.7. The number of hydrogen-bond donors (Lipinski definition) is 2. The molecule has 0 fully saturated rings. The molecule has 2 N–H and O–H groups in total. The van der Waals surface area contributed by atoms with E-state index >= 15 is 0 Å². The Bertz CT molecular complexity index is 1060. The van der Waals surface area contributed by atoms with Crippen LogP contribution in [0.5, 0.6) is 0 Å². The molecule has 1 aromatic heterocycles. The lowest BCUT2D eigenvalue weighted by Gasteiger charge is -2.19. The molecule has 1 aliphatic heterocycles. The largest absolute Gasteiger partial charge is 0.465 e. The van der Waals surface area contributed by atoms with Crippen molar-refractivity contribution >= 4 is 23.6 Å². The van der Waals surface area contributed by atoms with Crippen molar-refractivity contribution in [3.63, 3.8) is 0 Å². The standard InChI is InChI=1S/C25H25N3O3/c29-24(20-9-2-1-3-10-20)27-22(18-21-11-6-17-31-21)25(30)26-14-7-15-28-16-13-19-8-4-5-12-23(19)28/h1-6,8-12,17-18H,7,13-16H2,(H,26,30)(H,27,29)/b22-18-. The predicted octanol–water partition coefficient (Wildman–Crippen LogP) is 3.62. The molecular weight excluding hydrogens is 390 g/mol. The molecular formula is C25H25N3O3. The van der Waals surface area contributed by atoms with Crippen molar-refractivity contribution in [3.05, 3.63) is 95.6 Å². The Hall–Kier alpha value is -3.80. The van der Waals surface area contributed by atoms with Crippen LogP contribution >= 0.6 is 0 Å². The van der Waals surface area contributed by atoms with Crippen LogP contribution in [0.3, 0.4) is 0 Å². The highest BCUT2D eigenvalue weighted by atomic mass is 16.3. The summed E-state index contributed by atoms with van der Waals surface area (Å²) in [5.74, 6) is -0.197. The third-order valence-electron chi connectivity index (χ3n) is 5.23. The van der Waals surface area contributed by atoms with Crippen LogP contribution in [-0.4, -0.2) is 31.4 Å². The average molecular weight is 415 g/mol. The molecule has 0 radical (unpaired) electrons. The molecule has 0 spiro atoms.